The van der Waals surface area contributed by atoms with Crippen LogP contribution in [0.25, 0.3) is 0 Å². The van der Waals surface area contributed by atoms with E-state index in [0.29, 0.717) is 17.0 Å². The number of nitrogens with two attached hydrogens (primary N) is 1. The van der Waals surface area contributed by atoms with Gasteiger partial charge in [0.25, 0.3) is 0 Å². The number of carbonyl (C=O) groups is 1. The Morgan fingerprint density at radius 2 is 2.06 bits per heavy atom. The van der Waals surface area contributed by atoms with Crippen LogP contribution in [-0.2, 0) is 0 Å². The Morgan fingerprint density at radius 1 is 1.38 bits per heavy atom. The molecule has 16 heavy (non-hydrogen) atoms. The van der Waals surface area contributed by atoms with Crippen molar-refractivity contribution in [3.05, 3.63) is 23.8 Å². The molecular formula is C13H17NO2. The SMILES string of the molecule is CC(=O)c1cc(N)ccc1OC1CCCC1. The second-order valence-electron chi connectivity index (χ2n) is 4.34. The molecule has 0 radical (unpaired) electrons. The van der Waals surface area contributed by atoms with E-state index in [1.165, 1.54) is 19.8 Å². The number of Topliss-reactive ketones (excluding diaryl/α,β-unsaturated/α-hetero) is 1. The summed E-state index contributed by atoms with van der Waals surface area (Å²) in [7, 11) is 0. The van der Waals surface area contributed by atoms with Crippen LogP contribution in [0.3, 0.4) is 0 Å². The van der Waals surface area contributed by atoms with Crippen LogP contribution < -0.4 is 10.5 Å². The van der Waals surface area contributed by atoms with Crippen molar-refractivity contribution in [2.24, 2.45) is 0 Å². The molecule has 0 saturated heterocycles. The van der Waals surface area contributed by atoms with Crippen molar-refractivity contribution >= 4 is 11.5 Å². The van der Waals surface area contributed by atoms with Crippen LogP contribution in [0.5, 0.6) is 5.75 Å². The number of ether oxygens (including phenoxy) is 1. The predicted octanol–water partition coefficient (Wildman–Crippen LogP) is 2.79. The lowest BCUT2D eigenvalue weighted by molar-refractivity contribution is 0.101. The van der Waals surface area contributed by atoms with Gasteiger partial charge in [-0.15, -0.1) is 0 Å². The van der Waals surface area contributed by atoms with Crippen molar-refractivity contribution in [2.75, 3.05) is 5.73 Å². The van der Waals surface area contributed by atoms with E-state index in [1.54, 1.807) is 18.2 Å². The molecule has 0 bridgehead atoms. The number of rotatable bonds is 3. The van der Waals surface area contributed by atoms with Gasteiger partial charge in [0.2, 0.25) is 0 Å². The number of hydrogen-bond donors (Lipinski definition) is 1. The molecular weight excluding hydrogens is 202 g/mol. The minimum Gasteiger partial charge on any atom is -0.490 e. The topological polar surface area (TPSA) is 52.3 Å². The minimum atomic E-state index is 0.000275. The zero-order valence-electron chi connectivity index (χ0n) is 9.53. The van der Waals surface area contributed by atoms with E-state index >= 15 is 0 Å². The van der Waals surface area contributed by atoms with Crippen molar-refractivity contribution in [2.45, 2.75) is 38.7 Å². The number of carbonyl (C=O) groups excluding carboxylic acids is 1. The van der Waals surface area contributed by atoms with Gasteiger partial charge in [0, 0.05) is 5.69 Å². The van der Waals surface area contributed by atoms with Crippen LogP contribution in [0.4, 0.5) is 5.69 Å². The van der Waals surface area contributed by atoms with Crippen molar-refractivity contribution < 1.29 is 9.53 Å². The number of hydrogen-bond acceptors (Lipinski definition) is 3. The Labute approximate surface area is 95.6 Å². The van der Waals surface area contributed by atoms with Gasteiger partial charge in [-0.25, -0.2) is 0 Å². The molecule has 1 fully saturated rings. The lowest BCUT2D eigenvalue weighted by Gasteiger charge is -2.15. The van der Waals surface area contributed by atoms with E-state index < -0.39 is 0 Å². The van der Waals surface area contributed by atoms with E-state index in [-0.39, 0.29) is 11.9 Å². The van der Waals surface area contributed by atoms with Gasteiger partial charge in [0.15, 0.2) is 5.78 Å². The standard InChI is InChI=1S/C13H17NO2/c1-9(15)12-8-10(14)6-7-13(12)16-11-4-2-3-5-11/h6-8,11H,2-5,14H2,1H3. The maximum atomic E-state index is 11.5. The molecule has 86 valence electrons. The van der Waals surface area contributed by atoms with Crippen LogP contribution >= 0.6 is 0 Å². The quantitative estimate of drug-likeness (QED) is 0.628. The monoisotopic (exact) mass is 219 g/mol. The van der Waals surface area contributed by atoms with Crippen LogP contribution in [0.2, 0.25) is 0 Å². The summed E-state index contributed by atoms with van der Waals surface area (Å²) >= 11 is 0. The van der Waals surface area contributed by atoms with Crippen molar-refractivity contribution in [3.8, 4) is 5.75 Å². The van der Waals surface area contributed by atoms with Gasteiger partial charge in [-0.05, 0) is 50.8 Å². The molecule has 1 saturated carbocycles. The maximum absolute atomic E-state index is 11.5. The lowest BCUT2D eigenvalue weighted by atomic mass is 10.1. The van der Waals surface area contributed by atoms with Gasteiger partial charge in [0.1, 0.15) is 5.75 Å². The molecule has 0 unspecified atom stereocenters. The first-order chi connectivity index (χ1) is 7.66. The predicted molar refractivity (Wildman–Crippen MR) is 63.7 cm³/mol. The molecule has 0 aromatic heterocycles. The maximum Gasteiger partial charge on any atom is 0.163 e. The smallest absolute Gasteiger partial charge is 0.163 e. The molecule has 0 spiro atoms. The van der Waals surface area contributed by atoms with Crippen LogP contribution in [0.1, 0.15) is 43.0 Å². The Balaban J connectivity index is 2.21. The highest BCUT2D eigenvalue weighted by Crippen LogP contribution is 2.28. The van der Waals surface area contributed by atoms with Crippen molar-refractivity contribution in [3.63, 3.8) is 0 Å². The van der Waals surface area contributed by atoms with Gasteiger partial charge < -0.3 is 10.5 Å². The first-order valence-electron chi connectivity index (χ1n) is 5.74. The largest absolute Gasteiger partial charge is 0.490 e. The van der Waals surface area contributed by atoms with Gasteiger partial charge in [-0.3, -0.25) is 4.79 Å². The van der Waals surface area contributed by atoms with E-state index in [9.17, 15) is 4.79 Å². The molecule has 2 rings (SSSR count). The number of ketones is 1. The summed E-state index contributed by atoms with van der Waals surface area (Å²) in [5.41, 5.74) is 6.86. The van der Waals surface area contributed by atoms with E-state index in [0.717, 1.165) is 12.8 Å². The summed E-state index contributed by atoms with van der Waals surface area (Å²) in [4.78, 5) is 11.5. The molecule has 1 aliphatic rings. The third kappa shape index (κ3) is 2.35. The molecule has 0 amide bonds. The van der Waals surface area contributed by atoms with E-state index in [2.05, 4.69) is 0 Å². The average Bonchev–Trinajstić information content (AvgIpc) is 2.73. The van der Waals surface area contributed by atoms with Crippen molar-refractivity contribution in [1.82, 2.24) is 0 Å². The Bertz CT molecular complexity index is 395. The van der Waals surface area contributed by atoms with Gasteiger partial charge in [0.05, 0.1) is 11.7 Å². The summed E-state index contributed by atoms with van der Waals surface area (Å²) in [6.45, 7) is 1.54. The average molecular weight is 219 g/mol. The molecule has 0 heterocycles. The molecule has 1 aromatic carbocycles. The Hall–Kier alpha value is -1.51. The van der Waals surface area contributed by atoms with E-state index in [1.807, 2.05) is 0 Å². The van der Waals surface area contributed by atoms with Crippen molar-refractivity contribution in [1.29, 1.82) is 0 Å². The summed E-state index contributed by atoms with van der Waals surface area (Å²) in [5.74, 6) is 0.675. The van der Waals surface area contributed by atoms with E-state index in [4.69, 9.17) is 10.5 Å². The third-order valence-corrected chi connectivity index (χ3v) is 2.98. The van der Waals surface area contributed by atoms with Gasteiger partial charge in [-0.1, -0.05) is 0 Å². The summed E-state index contributed by atoms with van der Waals surface area (Å²) in [6, 6.07) is 5.26. The third-order valence-electron chi connectivity index (χ3n) is 2.98. The molecule has 3 heteroatoms. The zero-order chi connectivity index (χ0) is 11.5. The molecule has 1 aromatic rings. The number of anilines is 1. The fourth-order valence-corrected chi connectivity index (χ4v) is 2.11. The van der Waals surface area contributed by atoms with Crippen LogP contribution in [0, 0.1) is 0 Å². The molecule has 3 nitrogen and oxygen atoms in total. The summed E-state index contributed by atoms with van der Waals surface area (Å²) < 4.78 is 5.85. The summed E-state index contributed by atoms with van der Waals surface area (Å²) in [5, 5.41) is 0. The number of nitrogen functional groups attached to an aromatic ring is 1. The second kappa shape index (κ2) is 4.56. The second-order valence-corrected chi connectivity index (χ2v) is 4.34. The normalized spacial score (nSPS) is 16.3. The molecule has 0 aliphatic heterocycles. The first-order valence-corrected chi connectivity index (χ1v) is 5.74. The fraction of sp³-hybridized carbons (Fsp3) is 0.462. The highest BCUT2D eigenvalue weighted by Gasteiger charge is 2.18. The molecule has 1 aliphatic carbocycles. The molecule has 0 atom stereocenters. The Morgan fingerprint density at radius 3 is 2.69 bits per heavy atom. The number of benzene rings is 1. The Kier molecular flexibility index (Phi) is 3.13. The minimum absolute atomic E-state index is 0.000275. The zero-order valence-corrected chi connectivity index (χ0v) is 9.53. The van der Waals surface area contributed by atoms with Crippen LogP contribution in [0.15, 0.2) is 18.2 Å². The van der Waals surface area contributed by atoms with Crippen LogP contribution in [-0.4, -0.2) is 11.9 Å². The highest BCUT2D eigenvalue weighted by atomic mass is 16.5. The van der Waals surface area contributed by atoms with Gasteiger partial charge in [-0.2, -0.15) is 0 Å². The fourth-order valence-electron chi connectivity index (χ4n) is 2.11. The van der Waals surface area contributed by atoms with Gasteiger partial charge >= 0.3 is 0 Å². The molecule has 2 N–H and O–H groups in total. The first kappa shape index (κ1) is 11.0. The highest BCUT2D eigenvalue weighted by molar-refractivity contribution is 5.97. The lowest BCUT2D eigenvalue weighted by Crippen LogP contribution is -2.13. The summed E-state index contributed by atoms with van der Waals surface area (Å²) in [6.07, 6.45) is 4.87.